The van der Waals surface area contributed by atoms with Gasteiger partial charge in [0.2, 0.25) is 5.91 Å². The molecule has 17 heavy (non-hydrogen) atoms. The molecular formula is C13H18N2OS. The Morgan fingerprint density at radius 1 is 1.47 bits per heavy atom. The standard InChI is InChI=1S/C13H18N2OS/c1-9(2)15(3)7-10-4-5-12-11(6-10)14-13(16)8-17-12/h4-6,9H,7-8H2,1-3H3,(H,14,16). The molecule has 0 radical (unpaired) electrons. The van der Waals surface area contributed by atoms with E-state index in [0.717, 1.165) is 12.2 Å². The summed E-state index contributed by atoms with van der Waals surface area (Å²) in [7, 11) is 2.11. The highest BCUT2D eigenvalue weighted by Gasteiger charge is 2.15. The number of carbonyl (C=O) groups excluding carboxylic acids is 1. The topological polar surface area (TPSA) is 32.3 Å². The number of hydrogen-bond donors (Lipinski definition) is 1. The average molecular weight is 250 g/mol. The second-order valence-electron chi connectivity index (χ2n) is 4.68. The number of anilines is 1. The maximum atomic E-state index is 11.3. The van der Waals surface area contributed by atoms with Gasteiger partial charge in [0, 0.05) is 17.5 Å². The predicted octanol–water partition coefficient (Wildman–Crippen LogP) is 2.57. The molecule has 1 aliphatic rings. The van der Waals surface area contributed by atoms with E-state index in [-0.39, 0.29) is 5.91 Å². The summed E-state index contributed by atoms with van der Waals surface area (Å²) in [5, 5.41) is 2.92. The first-order valence-corrected chi connectivity index (χ1v) is 6.80. The van der Waals surface area contributed by atoms with Crippen LogP contribution in [0.5, 0.6) is 0 Å². The molecule has 2 rings (SSSR count). The van der Waals surface area contributed by atoms with E-state index in [1.54, 1.807) is 11.8 Å². The van der Waals surface area contributed by atoms with Gasteiger partial charge in [-0.3, -0.25) is 9.69 Å². The molecule has 0 aliphatic carbocycles. The molecule has 0 saturated carbocycles. The Morgan fingerprint density at radius 2 is 2.24 bits per heavy atom. The van der Waals surface area contributed by atoms with Crippen molar-refractivity contribution in [2.75, 3.05) is 18.1 Å². The van der Waals surface area contributed by atoms with Crippen molar-refractivity contribution in [3.63, 3.8) is 0 Å². The zero-order chi connectivity index (χ0) is 12.4. The molecule has 0 saturated heterocycles. The van der Waals surface area contributed by atoms with Crippen LogP contribution in [0.4, 0.5) is 5.69 Å². The van der Waals surface area contributed by atoms with Crippen molar-refractivity contribution in [1.29, 1.82) is 0 Å². The first-order valence-electron chi connectivity index (χ1n) is 5.82. The number of rotatable bonds is 3. The fourth-order valence-corrected chi connectivity index (χ4v) is 2.49. The first kappa shape index (κ1) is 12.5. The van der Waals surface area contributed by atoms with Gasteiger partial charge in [0.05, 0.1) is 11.4 Å². The van der Waals surface area contributed by atoms with Gasteiger partial charge in [-0.15, -0.1) is 11.8 Å². The lowest BCUT2D eigenvalue weighted by atomic mass is 10.1. The highest BCUT2D eigenvalue weighted by molar-refractivity contribution is 8.00. The highest BCUT2D eigenvalue weighted by Crippen LogP contribution is 2.32. The third-order valence-corrected chi connectivity index (χ3v) is 4.06. The quantitative estimate of drug-likeness (QED) is 0.895. The van der Waals surface area contributed by atoms with Gasteiger partial charge in [0.1, 0.15) is 0 Å². The number of carbonyl (C=O) groups is 1. The van der Waals surface area contributed by atoms with Gasteiger partial charge in [0.15, 0.2) is 0 Å². The fourth-order valence-electron chi connectivity index (χ4n) is 1.70. The van der Waals surface area contributed by atoms with E-state index < -0.39 is 0 Å². The number of nitrogens with zero attached hydrogens (tertiary/aromatic N) is 1. The van der Waals surface area contributed by atoms with Crippen LogP contribution in [0.25, 0.3) is 0 Å². The number of benzene rings is 1. The molecule has 92 valence electrons. The molecule has 1 aliphatic heterocycles. The lowest BCUT2D eigenvalue weighted by Crippen LogP contribution is -2.26. The number of fused-ring (bicyclic) bond motifs is 1. The predicted molar refractivity (Wildman–Crippen MR) is 72.4 cm³/mol. The van der Waals surface area contributed by atoms with Crippen LogP contribution in [0.1, 0.15) is 19.4 Å². The van der Waals surface area contributed by atoms with Gasteiger partial charge in [0.25, 0.3) is 0 Å². The monoisotopic (exact) mass is 250 g/mol. The van der Waals surface area contributed by atoms with E-state index in [9.17, 15) is 4.79 Å². The van der Waals surface area contributed by atoms with Gasteiger partial charge in [-0.1, -0.05) is 6.07 Å². The third-order valence-electron chi connectivity index (χ3n) is 2.99. The maximum absolute atomic E-state index is 11.3. The van der Waals surface area contributed by atoms with Crippen LogP contribution in [-0.2, 0) is 11.3 Å². The third kappa shape index (κ3) is 3.01. The van der Waals surface area contributed by atoms with Crippen molar-refractivity contribution in [3.05, 3.63) is 23.8 Å². The molecule has 0 fully saturated rings. The summed E-state index contributed by atoms with van der Waals surface area (Å²) >= 11 is 1.61. The number of hydrogen-bond acceptors (Lipinski definition) is 3. The van der Waals surface area contributed by atoms with Crippen molar-refractivity contribution in [1.82, 2.24) is 4.90 Å². The maximum Gasteiger partial charge on any atom is 0.234 e. The molecule has 4 heteroatoms. The molecule has 3 nitrogen and oxygen atoms in total. The van der Waals surface area contributed by atoms with Crippen LogP contribution in [0, 0.1) is 0 Å². The van der Waals surface area contributed by atoms with Crippen molar-refractivity contribution in [3.8, 4) is 0 Å². The second-order valence-corrected chi connectivity index (χ2v) is 5.69. The molecular weight excluding hydrogens is 232 g/mol. The van der Waals surface area contributed by atoms with Crippen molar-refractivity contribution < 1.29 is 4.79 Å². The smallest absolute Gasteiger partial charge is 0.234 e. The minimum absolute atomic E-state index is 0.0943. The van der Waals surface area contributed by atoms with Crippen molar-refractivity contribution in [2.24, 2.45) is 0 Å². The summed E-state index contributed by atoms with van der Waals surface area (Å²) in [5.74, 6) is 0.620. The van der Waals surface area contributed by atoms with Gasteiger partial charge < -0.3 is 5.32 Å². The summed E-state index contributed by atoms with van der Waals surface area (Å²) in [6.45, 7) is 5.26. The molecule has 0 bridgehead atoms. The van der Waals surface area contributed by atoms with E-state index in [1.807, 2.05) is 0 Å². The molecule has 1 N–H and O–H groups in total. The van der Waals surface area contributed by atoms with E-state index in [2.05, 4.69) is 49.3 Å². The highest BCUT2D eigenvalue weighted by atomic mass is 32.2. The lowest BCUT2D eigenvalue weighted by molar-refractivity contribution is -0.113. The summed E-state index contributed by atoms with van der Waals surface area (Å²) in [6.07, 6.45) is 0. The Balaban J connectivity index is 2.15. The fraction of sp³-hybridized carbons (Fsp3) is 0.462. The average Bonchev–Trinajstić information content (AvgIpc) is 2.28. The van der Waals surface area contributed by atoms with Crippen LogP contribution in [-0.4, -0.2) is 29.6 Å². The number of nitrogens with one attached hydrogen (secondary N) is 1. The summed E-state index contributed by atoms with van der Waals surface area (Å²) < 4.78 is 0. The molecule has 1 heterocycles. The number of amides is 1. The minimum Gasteiger partial charge on any atom is -0.324 e. The van der Waals surface area contributed by atoms with E-state index in [1.165, 1.54) is 10.5 Å². The van der Waals surface area contributed by atoms with Gasteiger partial charge in [-0.2, -0.15) is 0 Å². The van der Waals surface area contributed by atoms with Crippen LogP contribution in [0.15, 0.2) is 23.1 Å². The summed E-state index contributed by atoms with van der Waals surface area (Å²) in [5.41, 5.74) is 2.20. The molecule has 1 aromatic carbocycles. The molecule has 1 aromatic rings. The van der Waals surface area contributed by atoms with Crippen LogP contribution in [0.2, 0.25) is 0 Å². The van der Waals surface area contributed by atoms with Crippen LogP contribution >= 0.6 is 11.8 Å². The SMILES string of the molecule is CC(C)N(C)Cc1ccc2c(c1)NC(=O)CS2. The van der Waals surface area contributed by atoms with Gasteiger partial charge in [-0.25, -0.2) is 0 Å². The minimum atomic E-state index is 0.0943. The van der Waals surface area contributed by atoms with Crippen LogP contribution in [0.3, 0.4) is 0 Å². The molecule has 0 unspecified atom stereocenters. The Kier molecular flexibility index (Phi) is 3.74. The Morgan fingerprint density at radius 3 is 2.94 bits per heavy atom. The van der Waals surface area contributed by atoms with E-state index in [0.29, 0.717) is 11.8 Å². The first-order chi connectivity index (χ1) is 8.06. The largest absolute Gasteiger partial charge is 0.324 e. The summed E-state index contributed by atoms with van der Waals surface area (Å²) in [6, 6.07) is 6.85. The van der Waals surface area contributed by atoms with Crippen molar-refractivity contribution in [2.45, 2.75) is 31.3 Å². The Hall–Kier alpha value is -1.000. The second kappa shape index (κ2) is 5.10. The summed E-state index contributed by atoms with van der Waals surface area (Å²) in [4.78, 5) is 14.8. The number of thioether (sulfide) groups is 1. The molecule has 0 aromatic heterocycles. The van der Waals surface area contributed by atoms with E-state index in [4.69, 9.17) is 0 Å². The normalized spacial score (nSPS) is 15.0. The van der Waals surface area contributed by atoms with Crippen LogP contribution < -0.4 is 5.32 Å². The van der Waals surface area contributed by atoms with Gasteiger partial charge >= 0.3 is 0 Å². The van der Waals surface area contributed by atoms with E-state index >= 15 is 0 Å². The Labute approximate surface area is 107 Å². The Bertz CT molecular complexity index is 431. The molecule has 0 atom stereocenters. The van der Waals surface area contributed by atoms with Gasteiger partial charge in [-0.05, 0) is 38.6 Å². The molecule has 0 spiro atoms. The van der Waals surface area contributed by atoms with Crippen molar-refractivity contribution >= 4 is 23.4 Å². The zero-order valence-corrected chi connectivity index (χ0v) is 11.3. The molecule has 1 amide bonds. The zero-order valence-electron chi connectivity index (χ0n) is 10.5. The lowest BCUT2D eigenvalue weighted by Gasteiger charge is -2.22.